The van der Waals surface area contributed by atoms with E-state index in [9.17, 15) is 8.42 Å². The Hall–Kier alpha value is -0.170. The summed E-state index contributed by atoms with van der Waals surface area (Å²) in [5.41, 5.74) is 0. The van der Waals surface area contributed by atoms with Crippen molar-refractivity contribution in [1.29, 1.82) is 0 Å². The highest BCUT2D eigenvalue weighted by atomic mass is 32.2. The first-order valence-electron chi connectivity index (χ1n) is 6.89. The molecule has 18 heavy (non-hydrogen) atoms. The molecule has 1 aliphatic rings. The number of hydrogen-bond acceptors (Lipinski definition) is 4. The predicted molar refractivity (Wildman–Crippen MR) is 73.1 cm³/mol. The largest absolute Gasteiger partial charge is 0.378 e. The zero-order valence-electron chi connectivity index (χ0n) is 11.4. The van der Waals surface area contributed by atoms with Crippen LogP contribution in [0.4, 0.5) is 0 Å². The monoisotopic (exact) mass is 278 g/mol. The molecule has 0 radical (unpaired) electrons. The standard InChI is InChI=1S/C12H26N2O3S/c1-3-5-12-10-11(6-8-17-12)13-7-9-18(15,16)14-4-2/h11-14H,3-10H2,1-2H3. The molecule has 2 unspecified atom stereocenters. The van der Waals surface area contributed by atoms with Gasteiger partial charge in [0.05, 0.1) is 11.9 Å². The molecular weight excluding hydrogens is 252 g/mol. The third kappa shape index (κ3) is 6.13. The summed E-state index contributed by atoms with van der Waals surface area (Å²) in [5, 5.41) is 3.33. The number of hydrogen-bond donors (Lipinski definition) is 2. The highest BCUT2D eigenvalue weighted by Crippen LogP contribution is 2.17. The Kier molecular flexibility index (Phi) is 7.14. The SMILES string of the molecule is CCCC1CC(NCCS(=O)(=O)NCC)CCO1. The van der Waals surface area contributed by atoms with Crippen molar-refractivity contribution in [3.05, 3.63) is 0 Å². The van der Waals surface area contributed by atoms with Crippen LogP contribution in [0.1, 0.15) is 39.5 Å². The van der Waals surface area contributed by atoms with E-state index in [4.69, 9.17) is 4.74 Å². The van der Waals surface area contributed by atoms with Crippen molar-refractivity contribution >= 4 is 10.0 Å². The quantitative estimate of drug-likeness (QED) is 0.691. The van der Waals surface area contributed by atoms with Crippen LogP contribution in [-0.2, 0) is 14.8 Å². The van der Waals surface area contributed by atoms with Gasteiger partial charge in [-0.1, -0.05) is 20.3 Å². The second kappa shape index (κ2) is 8.09. The van der Waals surface area contributed by atoms with Crippen molar-refractivity contribution in [1.82, 2.24) is 10.0 Å². The first kappa shape index (κ1) is 15.9. The lowest BCUT2D eigenvalue weighted by atomic mass is 10.0. The fourth-order valence-electron chi connectivity index (χ4n) is 2.28. The second-order valence-corrected chi connectivity index (χ2v) is 6.70. The molecule has 0 aromatic heterocycles. The first-order valence-corrected chi connectivity index (χ1v) is 8.55. The zero-order chi connectivity index (χ0) is 13.4. The average Bonchev–Trinajstić information content (AvgIpc) is 2.29. The van der Waals surface area contributed by atoms with Crippen molar-refractivity contribution in [3.8, 4) is 0 Å². The molecular formula is C12H26N2O3S. The van der Waals surface area contributed by atoms with Gasteiger partial charge in [-0.25, -0.2) is 13.1 Å². The molecule has 5 nitrogen and oxygen atoms in total. The zero-order valence-corrected chi connectivity index (χ0v) is 12.3. The third-order valence-electron chi connectivity index (χ3n) is 3.15. The summed E-state index contributed by atoms with van der Waals surface area (Å²) >= 11 is 0. The van der Waals surface area contributed by atoms with Crippen LogP contribution < -0.4 is 10.0 Å². The van der Waals surface area contributed by atoms with E-state index in [0.717, 1.165) is 32.3 Å². The van der Waals surface area contributed by atoms with Crippen LogP contribution in [0.3, 0.4) is 0 Å². The molecule has 108 valence electrons. The van der Waals surface area contributed by atoms with Gasteiger partial charge in [-0.15, -0.1) is 0 Å². The van der Waals surface area contributed by atoms with Crippen molar-refractivity contribution in [2.45, 2.75) is 51.7 Å². The molecule has 0 aromatic carbocycles. The van der Waals surface area contributed by atoms with E-state index in [0.29, 0.717) is 25.2 Å². The molecule has 0 saturated carbocycles. The fraction of sp³-hybridized carbons (Fsp3) is 1.00. The lowest BCUT2D eigenvalue weighted by molar-refractivity contribution is -0.00278. The second-order valence-electron chi connectivity index (χ2n) is 4.77. The molecule has 0 aromatic rings. The van der Waals surface area contributed by atoms with Gasteiger partial charge in [0.2, 0.25) is 10.0 Å². The van der Waals surface area contributed by atoms with E-state index in [-0.39, 0.29) is 5.75 Å². The highest BCUT2D eigenvalue weighted by Gasteiger charge is 2.21. The third-order valence-corrected chi connectivity index (χ3v) is 4.62. The van der Waals surface area contributed by atoms with E-state index in [1.54, 1.807) is 6.92 Å². The average molecular weight is 278 g/mol. The summed E-state index contributed by atoms with van der Waals surface area (Å²) < 4.78 is 31.1. The molecule has 0 spiro atoms. The van der Waals surface area contributed by atoms with Crippen LogP contribution in [0, 0.1) is 0 Å². The Morgan fingerprint density at radius 1 is 1.33 bits per heavy atom. The molecule has 1 rings (SSSR count). The Morgan fingerprint density at radius 3 is 2.78 bits per heavy atom. The summed E-state index contributed by atoms with van der Waals surface area (Å²) in [6.45, 7) is 5.70. The number of nitrogens with one attached hydrogen (secondary N) is 2. The van der Waals surface area contributed by atoms with Crippen LogP contribution in [0.2, 0.25) is 0 Å². The molecule has 0 amide bonds. The topological polar surface area (TPSA) is 67.4 Å². The molecule has 6 heteroatoms. The summed E-state index contributed by atoms with van der Waals surface area (Å²) in [6, 6.07) is 0.395. The van der Waals surface area contributed by atoms with Gasteiger partial charge < -0.3 is 10.1 Å². The summed E-state index contributed by atoms with van der Waals surface area (Å²) in [5.74, 6) is 0.149. The van der Waals surface area contributed by atoms with Crippen molar-refractivity contribution < 1.29 is 13.2 Å². The molecule has 0 bridgehead atoms. The van der Waals surface area contributed by atoms with Crippen LogP contribution in [-0.4, -0.2) is 46.0 Å². The van der Waals surface area contributed by atoms with Crippen LogP contribution in [0.15, 0.2) is 0 Å². The van der Waals surface area contributed by atoms with Crippen LogP contribution in [0.25, 0.3) is 0 Å². The normalized spacial score (nSPS) is 25.2. The van der Waals surface area contributed by atoms with Gasteiger partial charge in [-0.2, -0.15) is 0 Å². The van der Waals surface area contributed by atoms with Gasteiger partial charge in [-0.05, 0) is 19.3 Å². The number of ether oxygens (including phenoxy) is 1. The van der Waals surface area contributed by atoms with Crippen LogP contribution in [0.5, 0.6) is 0 Å². The molecule has 2 atom stereocenters. The fourth-order valence-corrected chi connectivity index (χ4v) is 3.25. The summed E-state index contributed by atoms with van der Waals surface area (Å²) in [6.07, 6.45) is 4.53. The Morgan fingerprint density at radius 2 is 2.11 bits per heavy atom. The summed E-state index contributed by atoms with van der Waals surface area (Å²) in [4.78, 5) is 0. The van der Waals surface area contributed by atoms with Gasteiger partial charge in [0, 0.05) is 25.7 Å². The van der Waals surface area contributed by atoms with E-state index in [2.05, 4.69) is 17.0 Å². The van der Waals surface area contributed by atoms with Gasteiger partial charge in [0.15, 0.2) is 0 Å². The summed E-state index contributed by atoms with van der Waals surface area (Å²) in [7, 11) is -3.10. The first-order chi connectivity index (χ1) is 8.57. The van der Waals surface area contributed by atoms with Crippen LogP contribution >= 0.6 is 0 Å². The highest BCUT2D eigenvalue weighted by molar-refractivity contribution is 7.89. The maximum absolute atomic E-state index is 11.5. The van der Waals surface area contributed by atoms with Crippen molar-refractivity contribution in [3.63, 3.8) is 0 Å². The van der Waals surface area contributed by atoms with E-state index < -0.39 is 10.0 Å². The van der Waals surface area contributed by atoms with Crippen molar-refractivity contribution in [2.75, 3.05) is 25.4 Å². The van der Waals surface area contributed by atoms with Crippen molar-refractivity contribution in [2.24, 2.45) is 0 Å². The molecule has 1 aliphatic heterocycles. The molecule has 1 saturated heterocycles. The van der Waals surface area contributed by atoms with Gasteiger partial charge in [0.1, 0.15) is 0 Å². The van der Waals surface area contributed by atoms with Gasteiger partial charge >= 0.3 is 0 Å². The minimum Gasteiger partial charge on any atom is -0.378 e. The Bertz CT molecular complexity index is 317. The molecule has 1 fully saturated rings. The number of sulfonamides is 1. The maximum Gasteiger partial charge on any atom is 0.212 e. The predicted octanol–water partition coefficient (Wildman–Crippen LogP) is 0.863. The van der Waals surface area contributed by atoms with E-state index >= 15 is 0 Å². The van der Waals surface area contributed by atoms with Gasteiger partial charge in [-0.3, -0.25) is 0 Å². The maximum atomic E-state index is 11.5. The molecule has 0 aliphatic carbocycles. The van der Waals surface area contributed by atoms with Gasteiger partial charge in [0.25, 0.3) is 0 Å². The van der Waals surface area contributed by atoms with E-state index in [1.165, 1.54) is 0 Å². The van der Waals surface area contributed by atoms with E-state index in [1.807, 2.05) is 0 Å². The smallest absolute Gasteiger partial charge is 0.212 e. The lowest BCUT2D eigenvalue weighted by Gasteiger charge is -2.30. The number of rotatable bonds is 8. The Labute approximate surface area is 111 Å². The Balaban J connectivity index is 2.22. The molecule has 1 heterocycles. The minimum atomic E-state index is -3.10. The minimum absolute atomic E-state index is 0.149. The lowest BCUT2D eigenvalue weighted by Crippen LogP contribution is -2.42. The molecule has 2 N–H and O–H groups in total.